The molecule has 2 rings (SSSR count). The van der Waals surface area contributed by atoms with Crippen LogP contribution >= 0.6 is 0 Å². The quantitative estimate of drug-likeness (QED) is 0.780. The molecule has 0 aliphatic heterocycles. The topological polar surface area (TPSA) is 35.2 Å². The van der Waals surface area contributed by atoms with E-state index in [1.54, 1.807) is 0 Å². The second kappa shape index (κ2) is 4.66. The highest BCUT2D eigenvalue weighted by Gasteiger charge is 2.38. The second-order valence-corrected chi connectivity index (χ2v) is 6.63. The van der Waals surface area contributed by atoms with E-state index in [1.165, 1.54) is 32.1 Å². The molecule has 0 heterocycles. The zero-order chi connectivity index (χ0) is 11.6. The minimum absolute atomic E-state index is 0.0183. The molecule has 2 aliphatic rings. The Bertz CT molecular complexity index is 223. The van der Waals surface area contributed by atoms with Gasteiger partial charge in [-0.3, -0.25) is 0 Å². The SMILES string of the molecule is CC1(C)CCC(CN)(OCCC2CC2)CC1. The summed E-state index contributed by atoms with van der Waals surface area (Å²) in [4.78, 5) is 0. The fourth-order valence-corrected chi connectivity index (χ4v) is 2.64. The molecule has 0 aromatic heterocycles. The molecule has 0 saturated heterocycles. The van der Waals surface area contributed by atoms with E-state index in [-0.39, 0.29) is 5.60 Å². The molecule has 0 bridgehead atoms. The van der Waals surface area contributed by atoms with Crippen molar-refractivity contribution < 1.29 is 4.74 Å². The van der Waals surface area contributed by atoms with Crippen LogP contribution in [0.1, 0.15) is 58.8 Å². The van der Waals surface area contributed by atoms with Crippen LogP contribution in [-0.4, -0.2) is 18.8 Å². The zero-order valence-electron chi connectivity index (χ0n) is 10.9. The zero-order valence-corrected chi connectivity index (χ0v) is 10.9. The minimum Gasteiger partial charge on any atom is -0.374 e. The van der Waals surface area contributed by atoms with Crippen LogP contribution in [0, 0.1) is 11.3 Å². The highest BCUT2D eigenvalue weighted by atomic mass is 16.5. The lowest BCUT2D eigenvalue weighted by molar-refractivity contribution is -0.0828. The normalized spacial score (nSPS) is 27.9. The predicted octanol–water partition coefficient (Wildman–Crippen LogP) is 3.10. The van der Waals surface area contributed by atoms with Crippen molar-refractivity contribution in [3.05, 3.63) is 0 Å². The number of hydrogen-bond donors (Lipinski definition) is 1. The van der Waals surface area contributed by atoms with Crippen molar-refractivity contribution in [2.45, 2.75) is 64.4 Å². The Balaban J connectivity index is 1.77. The molecule has 16 heavy (non-hydrogen) atoms. The van der Waals surface area contributed by atoms with Gasteiger partial charge in [-0.2, -0.15) is 0 Å². The van der Waals surface area contributed by atoms with E-state index in [0.29, 0.717) is 12.0 Å². The van der Waals surface area contributed by atoms with Gasteiger partial charge in [0.2, 0.25) is 0 Å². The molecule has 94 valence electrons. The van der Waals surface area contributed by atoms with Gasteiger partial charge in [-0.15, -0.1) is 0 Å². The van der Waals surface area contributed by atoms with E-state index in [2.05, 4.69) is 13.8 Å². The minimum atomic E-state index is 0.0183. The lowest BCUT2D eigenvalue weighted by Gasteiger charge is -2.42. The van der Waals surface area contributed by atoms with E-state index < -0.39 is 0 Å². The van der Waals surface area contributed by atoms with Crippen LogP contribution in [0.5, 0.6) is 0 Å². The summed E-state index contributed by atoms with van der Waals surface area (Å²) < 4.78 is 6.14. The fourth-order valence-electron chi connectivity index (χ4n) is 2.64. The third kappa shape index (κ3) is 3.21. The molecular formula is C14H27NO. The van der Waals surface area contributed by atoms with Crippen molar-refractivity contribution >= 4 is 0 Å². The van der Waals surface area contributed by atoms with Gasteiger partial charge in [0.25, 0.3) is 0 Å². The highest BCUT2D eigenvalue weighted by Crippen LogP contribution is 2.42. The van der Waals surface area contributed by atoms with Crippen LogP contribution in [0.2, 0.25) is 0 Å². The van der Waals surface area contributed by atoms with E-state index >= 15 is 0 Å². The Kier molecular flexibility index (Phi) is 3.60. The summed E-state index contributed by atoms with van der Waals surface area (Å²) in [7, 11) is 0. The second-order valence-electron chi connectivity index (χ2n) is 6.63. The maximum absolute atomic E-state index is 6.14. The van der Waals surface area contributed by atoms with Crippen LogP contribution in [0.15, 0.2) is 0 Å². The molecule has 0 aromatic rings. The van der Waals surface area contributed by atoms with Crippen LogP contribution in [0.25, 0.3) is 0 Å². The fraction of sp³-hybridized carbons (Fsp3) is 1.00. The van der Waals surface area contributed by atoms with Crippen molar-refractivity contribution in [1.29, 1.82) is 0 Å². The first-order valence-electron chi connectivity index (χ1n) is 6.89. The molecule has 0 aromatic carbocycles. The summed E-state index contributed by atoms with van der Waals surface area (Å²) in [6, 6.07) is 0. The van der Waals surface area contributed by atoms with Gasteiger partial charge >= 0.3 is 0 Å². The Morgan fingerprint density at radius 2 is 1.75 bits per heavy atom. The summed E-state index contributed by atoms with van der Waals surface area (Å²) in [6.07, 6.45) is 8.92. The molecule has 2 aliphatic carbocycles. The Morgan fingerprint density at radius 3 is 2.25 bits per heavy atom. The first kappa shape index (κ1) is 12.4. The molecule has 0 spiro atoms. The predicted molar refractivity (Wildman–Crippen MR) is 67.3 cm³/mol. The van der Waals surface area contributed by atoms with Crippen LogP contribution in [0.4, 0.5) is 0 Å². The van der Waals surface area contributed by atoms with Crippen LogP contribution < -0.4 is 5.73 Å². The molecule has 2 nitrogen and oxygen atoms in total. The van der Waals surface area contributed by atoms with Gasteiger partial charge in [0, 0.05) is 13.2 Å². The number of rotatable bonds is 5. The first-order valence-corrected chi connectivity index (χ1v) is 6.89. The molecule has 2 N–H and O–H groups in total. The van der Waals surface area contributed by atoms with E-state index in [1.807, 2.05) is 0 Å². The molecular weight excluding hydrogens is 198 g/mol. The summed E-state index contributed by atoms with van der Waals surface area (Å²) in [5.74, 6) is 0.967. The summed E-state index contributed by atoms with van der Waals surface area (Å²) in [6.45, 7) is 6.35. The molecule has 0 atom stereocenters. The number of ether oxygens (including phenoxy) is 1. The Hall–Kier alpha value is -0.0800. The van der Waals surface area contributed by atoms with Crippen molar-refractivity contribution in [3.8, 4) is 0 Å². The monoisotopic (exact) mass is 225 g/mol. The van der Waals surface area contributed by atoms with Gasteiger partial charge in [-0.05, 0) is 43.4 Å². The van der Waals surface area contributed by atoms with Crippen molar-refractivity contribution in [2.75, 3.05) is 13.2 Å². The third-order valence-electron chi connectivity index (χ3n) is 4.52. The van der Waals surface area contributed by atoms with Crippen LogP contribution in [0.3, 0.4) is 0 Å². The van der Waals surface area contributed by atoms with E-state index in [9.17, 15) is 0 Å². The number of nitrogens with two attached hydrogens (primary N) is 1. The van der Waals surface area contributed by atoms with E-state index in [4.69, 9.17) is 10.5 Å². The number of hydrogen-bond acceptors (Lipinski definition) is 2. The third-order valence-corrected chi connectivity index (χ3v) is 4.52. The van der Waals surface area contributed by atoms with Crippen molar-refractivity contribution in [1.82, 2.24) is 0 Å². The van der Waals surface area contributed by atoms with Gasteiger partial charge in [-0.25, -0.2) is 0 Å². The van der Waals surface area contributed by atoms with Gasteiger partial charge in [0.15, 0.2) is 0 Å². The van der Waals surface area contributed by atoms with Gasteiger partial charge in [0.05, 0.1) is 5.60 Å². The summed E-state index contributed by atoms with van der Waals surface area (Å²) >= 11 is 0. The molecule has 2 fully saturated rings. The van der Waals surface area contributed by atoms with Gasteiger partial charge in [-0.1, -0.05) is 26.7 Å². The smallest absolute Gasteiger partial charge is 0.0804 e. The van der Waals surface area contributed by atoms with Gasteiger partial charge in [0.1, 0.15) is 0 Å². The molecule has 0 unspecified atom stereocenters. The molecule has 2 heteroatoms. The van der Waals surface area contributed by atoms with Crippen molar-refractivity contribution in [3.63, 3.8) is 0 Å². The standard InChI is InChI=1S/C14H27NO/c1-13(2)6-8-14(11-15,9-7-13)16-10-5-12-3-4-12/h12H,3-11,15H2,1-2H3. The Labute approximate surface area is 99.9 Å². The Morgan fingerprint density at radius 1 is 1.12 bits per heavy atom. The molecule has 2 saturated carbocycles. The highest BCUT2D eigenvalue weighted by molar-refractivity contribution is 4.91. The lowest BCUT2D eigenvalue weighted by Crippen LogP contribution is -2.45. The lowest BCUT2D eigenvalue weighted by atomic mass is 9.71. The largest absolute Gasteiger partial charge is 0.374 e. The van der Waals surface area contributed by atoms with E-state index in [0.717, 1.165) is 25.4 Å². The van der Waals surface area contributed by atoms with Crippen LogP contribution in [-0.2, 0) is 4.74 Å². The maximum Gasteiger partial charge on any atom is 0.0804 e. The average molecular weight is 225 g/mol. The maximum atomic E-state index is 6.14. The summed E-state index contributed by atoms with van der Waals surface area (Å²) in [5.41, 5.74) is 6.45. The first-order chi connectivity index (χ1) is 7.55. The average Bonchev–Trinajstić information content (AvgIpc) is 3.05. The molecule has 0 radical (unpaired) electrons. The molecule has 0 amide bonds. The van der Waals surface area contributed by atoms with Crippen molar-refractivity contribution in [2.24, 2.45) is 17.1 Å². The van der Waals surface area contributed by atoms with Gasteiger partial charge < -0.3 is 10.5 Å². The summed E-state index contributed by atoms with van der Waals surface area (Å²) in [5, 5.41) is 0.